The van der Waals surface area contributed by atoms with E-state index in [9.17, 15) is 14.4 Å². The van der Waals surface area contributed by atoms with E-state index in [1.54, 1.807) is 22.7 Å². The first-order valence-corrected chi connectivity index (χ1v) is 12.1. The molecule has 2 rings (SSSR count). The van der Waals surface area contributed by atoms with Crippen molar-refractivity contribution in [3.63, 3.8) is 0 Å². The number of nitrogens with one attached hydrogen (secondary N) is 1. The fraction of sp³-hybridized carbons (Fsp3) is 0.500. The van der Waals surface area contributed by atoms with Gasteiger partial charge >= 0.3 is 5.97 Å². The van der Waals surface area contributed by atoms with Crippen molar-refractivity contribution in [3.8, 4) is 0 Å². The fourth-order valence-electron chi connectivity index (χ4n) is 3.13. The Morgan fingerprint density at radius 3 is 2.55 bits per heavy atom. The van der Waals surface area contributed by atoms with E-state index in [0.29, 0.717) is 41.5 Å². The molecule has 2 N–H and O–H groups in total. The second-order valence-electron chi connectivity index (χ2n) is 7.48. The lowest BCUT2D eigenvalue weighted by Gasteiger charge is -2.31. The van der Waals surface area contributed by atoms with Gasteiger partial charge in [0, 0.05) is 30.0 Å². The molecule has 31 heavy (non-hydrogen) atoms. The summed E-state index contributed by atoms with van der Waals surface area (Å²) in [5.74, 6) is -0.829. The molecule has 1 heterocycles. The number of nitrogens with zero attached hydrogens (tertiary/aromatic N) is 1. The van der Waals surface area contributed by atoms with Gasteiger partial charge in [-0.25, -0.2) is 0 Å². The predicted octanol–water partition coefficient (Wildman–Crippen LogP) is 4.73. The number of likely N-dealkylation sites (tertiary alicyclic amines) is 1. The number of amides is 2. The molecular weight excluding hydrogens is 459 g/mol. The number of carboxylic acid groups (broad SMARTS) is 1. The van der Waals surface area contributed by atoms with E-state index in [4.69, 9.17) is 28.3 Å². The second kappa shape index (κ2) is 12.4. The molecule has 1 unspecified atom stereocenters. The molecule has 1 fully saturated rings. The van der Waals surface area contributed by atoms with Gasteiger partial charge in [0.1, 0.15) is 6.04 Å². The zero-order valence-electron chi connectivity index (χ0n) is 17.7. The van der Waals surface area contributed by atoms with Crippen molar-refractivity contribution in [2.45, 2.75) is 50.5 Å². The van der Waals surface area contributed by atoms with Crippen LogP contribution in [-0.2, 0) is 14.4 Å². The summed E-state index contributed by atoms with van der Waals surface area (Å²) in [7, 11) is 0. The van der Waals surface area contributed by atoms with Gasteiger partial charge in [0.15, 0.2) is 0 Å². The molecule has 0 aromatic heterocycles. The van der Waals surface area contributed by atoms with Crippen LogP contribution >= 0.6 is 35.0 Å². The van der Waals surface area contributed by atoms with Crippen molar-refractivity contribution in [3.05, 3.63) is 33.8 Å². The SMILES string of the molecule is CCCCSc1ccc(/C=C/C(=O)N2CCC(C(=O)NC(C)C(=O)O)CC2)c(Cl)c1Cl. The number of rotatable bonds is 9. The molecule has 0 aliphatic carbocycles. The van der Waals surface area contributed by atoms with E-state index < -0.39 is 12.0 Å². The third kappa shape index (κ3) is 7.44. The largest absolute Gasteiger partial charge is 0.480 e. The summed E-state index contributed by atoms with van der Waals surface area (Å²) in [6.45, 7) is 4.43. The van der Waals surface area contributed by atoms with Crippen LogP contribution in [0.4, 0.5) is 0 Å². The monoisotopic (exact) mass is 486 g/mol. The number of piperidine rings is 1. The number of thioether (sulfide) groups is 1. The van der Waals surface area contributed by atoms with Crippen LogP contribution in [0, 0.1) is 5.92 Å². The van der Waals surface area contributed by atoms with E-state index in [0.717, 1.165) is 23.5 Å². The van der Waals surface area contributed by atoms with Gasteiger partial charge in [-0.2, -0.15) is 0 Å². The molecule has 1 aliphatic heterocycles. The Labute approximate surface area is 197 Å². The molecule has 1 atom stereocenters. The summed E-state index contributed by atoms with van der Waals surface area (Å²) in [6, 6.07) is 2.84. The standard InChI is InChI=1S/C22H28Cl2N2O4S/c1-3-4-13-31-17-7-5-15(19(23)20(17)24)6-8-18(27)26-11-9-16(10-12-26)21(28)25-14(2)22(29)30/h5-8,14,16H,3-4,9-13H2,1-2H3,(H,25,28)(H,29,30)/b8-6+. The minimum absolute atomic E-state index is 0.161. The lowest BCUT2D eigenvalue weighted by atomic mass is 9.95. The average Bonchev–Trinajstić information content (AvgIpc) is 2.76. The molecule has 1 aromatic rings. The quantitative estimate of drug-likeness (QED) is 0.299. The van der Waals surface area contributed by atoms with Gasteiger partial charge in [-0.05, 0) is 49.6 Å². The lowest BCUT2D eigenvalue weighted by molar-refractivity contribution is -0.142. The Bertz CT molecular complexity index is 839. The highest BCUT2D eigenvalue weighted by molar-refractivity contribution is 7.99. The van der Waals surface area contributed by atoms with E-state index >= 15 is 0 Å². The van der Waals surface area contributed by atoms with Crippen molar-refractivity contribution >= 4 is 58.8 Å². The number of aliphatic carboxylic acids is 1. The Balaban J connectivity index is 1.91. The molecule has 0 spiro atoms. The molecule has 9 heteroatoms. The predicted molar refractivity (Wildman–Crippen MR) is 126 cm³/mol. The fourth-order valence-corrected chi connectivity index (χ4v) is 4.80. The molecule has 0 saturated carbocycles. The van der Waals surface area contributed by atoms with Crippen molar-refractivity contribution in [1.29, 1.82) is 0 Å². The Hall–Kier alpha value is -1.70. The van der Waals surface area contributed by atoms with Gasteiger partial charge < -0.3 is 15.3 Å². The van der Waals surface area contributed by atoms with E-state index in [-0.39, 0.29) is 17.7 Å². The van der Waals surface area contributed by atoms with E-state index in [2.05, 4.69) is 12.2 Å². The molecule has 1 aliphatic rings. The van der Waals surface area contributed by atoms with Crippen LogP contribution in [0.15, 0.2) is 23.1 Å². The smallest absolute Gasteiger partial charge is 0.325 e. The zero-order valence-corrected chi connectivity index (χ0v) is 20.0. The number of carboxylic acids is 1. The van der Waals surface area contributed by atoms with Crippen LogP contribution in [0.5, 0.6) is 0 Å². The van der Waals surface area contributed by atoms with Crippen LogP contribution in [-0.4, -0.2) is 52.7 Å². The number of unbranched alkanes of at least 4 members (excludes halogenated alkanes) is 1. The number of benzene rings is 1. The molecule has 0 radical (unpaired) electrons. The minimum atomic E-state index is -1.07. The van der Waals surface area contributed by atoms with Crippen molar-refractivity contribution < 1.29 is 19.5 Å². The number of halogens is 2. The zero-order chi connectivity index (χ0) is 23.0. The molecule has 1 aromatic carbocycles. The van der Waals surface area contributed by atoms with Gasteiger partial charge in [0.05, 0.1) is 10.0 Å². The van der Waals surface area contributed by atoms with E-state index in [1.807, 2.05) is 12.1 Å². The number of hydrogen-bond acceptors (Lipinski definition) is 4. The Morgan fingerprint density at radius 2 is 1.94 bits per heavy atom. The van der Waals surface area contributed by atoms with Crippen molar-refractivity contribution in [2.24, 2.45) is 5.92 Å². The van der Waals surface area contributed by atoms with Gasteiger partial charge in [0.2, 0.25) is 11.8 Å². The van der Waals surface area contributed by atoms with Crippen LogP contribution in [0.1, 0.15) is 45.1 Å². The highest BCUT2D eigenvalue weighted by Crippen LogP contribution is 2.36. The highest BCUT2D eigenvalue weighted by atomic mass is 35.5. The molecule has 2 amide bonds. The number of hydrogen-bond donors (Lipinski definition) is 2. The summed E-state index contributed by atoms with van der Waals surface area (Å²) in [5, 5.41) is 12.3. The Kier molecular flexibility index (Phi) is 10.2. The first kappa shape index (κ1) is 25.6. The average molecular weight is 487 g/mol. The highest BCUT2D eigenvalue weighted by Gasteiger charge is 2.28. The molecule has 6 nitrogen and oxygen atoms in total. The van der Waals surface area contributed by atoms with Crippen LogP contribution in [0.3, 0.4) is 0 Å². The molecular formula is C22H28Cl2N2O4S. The van der Waals surface area contributed by atoms with Gasteiger partial charge in [-0.1, -0.05) is 42.6 Å². The maximum absolute atomic E-state index is 12.5. The number of carbonyl (C=O) groups excluding carboxylic acids is 2. The van der Waals surface area contributed by atoms with Gasteiger partial charge in [-0.15, -0.1) is 11.8 Å². The summed E-state index contributed by atoms with van der Waals surface area (Å²) >= 11 is 14.4. The minimum Gasteiger partial charge on any atom is -0.480 e. The number of carbonyl (C=O) groups is 3. The first-order chi connectivity index (χ1) is 14.7. The molecule has 1 saturated heterocycles. The Morgan fingerprint density at radius 1 is 1.26 bits per heavy atom. The maximum atomic E-state index is 12.5. The van der Waals surface area contributed by atoms with Crippen LogP contribution in [0.2, 0.25) is 10.0 Å². The first-order valence-electron chi connectivity index (χ1n) is 10.4. The summed E-state index contributed by atoms with van der Waals surface area (Å²) < 4.78 is 0. The molecule has 170 valence electrons. The van der Waals surface area contributed by atoms with Crippen molar-refractivity contribution in [2.75, 3.05) is 18.8 Å². The van der Waals surface area contributed by atoms with Crippen LogP contribution < -0.4 is 5.32 Å². The second-order valence-corrected chi connectivity index (χ2v) is 9.38. The summed E-state index contributed by atoms with van der Waals surface area (Å²) in [5.41, 5.74) is 0.678. The topological polar surface area (TPSA) is 86.7 Å². The lowest BCUT2D eigenvalue weighted by Crippen LogP contribution is -2.46. The van der Waals surface area contributed by atoms with Crippen molar-refractivity contribution in [1.82, 2.24) is 10.2 Å². The maximum Gasteiger partial charge on any atom is 0.325 e. The summed E-state index contributed by atoms with van der Waals surface area (Å²) in [4.78, 5) is 38.2. The molecule has 0 bridgehead atoms. The van der Waals surface area contributed by atoms with Gasteiger partial charge in [0.25, 0.3) is 0 Å². The van der Waals surface area contributed by atoms with E-state index in [1.165, 1.54) is 13.0 Å². The third-order valence-corrected chi connectivity index (χ3v) is 7.30. The third-order valence-electron chi connectivity index (χ3n) is 5.14. The normalized spacial score (nSPS) is 15.8. The van der Waals surface area contributed by atoms with Gasteiger partial charge in [-0.3, -0.25) is 14.4 Å². The summed E-state index contributed by atoms with van der Waals surface area (Å²) in [6.07, 6.45) is 6.33. The van der Waals surface area contributed by atoms with Crippen LogP contribution in [0.25, 0.3) is 6.08 Å².